The number of amides is 1. The normalized spacial score (nSPS) is 13.0. The molecule has 9 heteroatoms. The molecule has 3 rings (SSSR count). The van der Waals surface area contributed by atoms with Crippen molar-refractivity contribution in [2.45, 2.75) is 64.4 Å². The first-order chi connectivity index (χ1) is 16.4. The van der Waals surface area contributed by atoms with Crippen molar-refractivity contribution in [2.75, 3.05) is 6.61 Å². The number of rotatable bonds is 11. The molecule has 0 radical (unpaired) electrons. The van der Waals surface area contributed by atoms with Crippen LogP contribution in [0, 0.1) is 0 Å². The van der Waals surface area contributed by atoms with Gasteiger partial charge in [-0.25, -0.2) is 9.97 Å². The van der Waals surface area contributed by atoms with Crippen LogP contribution in [0.3, 0.4) is 0 Å². The van der Waals surface area contributed by atoms with Gasteiger partial charge in [0.15, 0.2) is 8.32 Å². The average molecular weight is 515 g/mol. The lowest BCUT2D eigenvalue weighted by molar-refractivity contribution is 0.0995. The second kappa shape index (κ2) is 11.4. The Labute approximate surface area is 213 Å². The maximum Gasteiger partial charge on any atom is 0.268 e. The first kappa shape index (κ1) is 26.9. The van der Waals surface area contributed by atoms with E-state index in [9.17, 15) is 4.79 Å². The molecule has 0 spiro atoms. The quantitative estimate of drug-likeness (QED) is 0.252. The molecule has 7 nitrogen and oxygen atoms in total. The zero-order valence-corrected chi connectivity index (χ0v) is 22.9. The summed E-state index contributed by atoms with van der Waals surface area (Å²) in [6.07, 6.45) is 4.86. The maximum absolute atomic E-state index is 11.4. The summed E-state index contributed by atoms with van der Waals surface area (Å²) in [5, 5.41) is 0.776. The molecule has 0 aliphatic rings. The van der Waals surface area contributed by atoms with E-state index in [2.05, 4.69) is 43.8 Å². The number of nitrogens with zero attached hydrogens (tertiary/aromatic N) is 3. The van der Waals surface area contributed by atoms with E-state index in [1.165, 1.54) is 0 Å². The predicted molar refractivity (Wildman–Crippen MR) is 142 cm³/mol. The van der Waals surface area contributed by atoms with Crippen LogP contribution < -0.4 is 10.5 Å². The summed E-state index contributed by atoms with van der Waals surface area (Å²) in [6, 6.07) is 13.3. The average Bonchev–Trinajstić information content (AvgIpc) is 3.25. The lowest BCUT2D eigenvalue weighted by atomic mass is 10.1. The van der Waals surface area contributed by atoms with Crippen LogP contribution in [0.2, 0.25) is 23.2 Å². The molecule has 35 heavy (non-hydrogen) atoms. The fourth-order valence-electron chi connectivity index (χ4n) is 3.37. The van der Waals surface area contributed by atoms with E-state index in [1.54, 1.807) is 12.5 Å². The van der Waals surface area contributed by atoms with E-state index in [4.69, 9.17) is 26.5 Å². The first-order valence-electron chi connectivity index (χ1n) is 11.8. The van der Waals surface area contributed by atoms with Crippen molar-refractivity contribution in [3.63, 3.8) is 0 Å². The second-order valence-corrected chi connectivity index (χ2v) is 15.4. The van der Waals surface area contributed by atoms with Gasteiger partial charge in [-0.15, -0.1) is 0 Å². The number of carbonyl (C=O) groups excluding carboxylic acids is 1. The van der Waals surface area contributed by atoms with E-state index in [1.807, 2.05) is 47.0 Å². The van der Waals surface area contributed by atoms with Crippen molar-refractivity contribution in [3.05, 3.63) is 65.7 Å². The fourth-order valence-corrected chi connectivity index (χ4v) is 4.87. The van der Waals surface area contributed by atoms with Crippen LogP contribution in [0.4, 0.5) is 0 Å². The zero-order chi connectivity index (χ0) is 25.6. The third kappa shape index (κ3) is 7.65. The molecule has 0 aliphatic carbocycles. The van der Waals surface area contributed by atoms with Crippen molar-refractivity contribution in [1.82, 2.24) is 14.5 Å². The van der Waals surface area contributed by atoms with Crippen molar-refractivity contribution in [2.24, 2.45) is 5.73 Å². The van der Waals surface area contributed by atoms with Crippen molar-refractivity contribution < 1.29 is 14.0 Å². The Morgan fingerprint density at radius 1 is 1.17 bits per heavy atom. The summed E-state index contributed by atoms with van der Waals surface area (Å²) < 4.78 is 14.5. The number of imidazole rings is 1. The highest BCUT2D eigenvalue weighted by Gasteiger charge is 2.39. The van der Waals surface area contributed by atoms with Gasteiger partial charge >= 0.3 is 0 Å². The molecule has 2 N–H and O–H groups in total. The molecule has 1 aromatic carbocycles. The minimum atomic E-state index is -2.00. The third-order valence-corrected chi connectivity index (χ3v) is 11.1. The zero-order valence-electron chi connectivity index (χ0n) is 21.1. The number of halogens is 1. The van der Waals surface area contributed by atoms with Crippen molar-refractivity contribution >= 4 is 25.8 Å². The number of nitrogens with two attached hydrogens (primary N) is 1. The van der Waals surface area contributed by atoms with Gasteiger partial charge in [-0.1, -0.05) is 50.6 Å². The van der Waals surface area contributed by atoms with Crippen molar-refractivity contribution in [1.29, 1.82) is 0 Å². The molecular formula is C26H35ClN4O3Si. The molecule has 0 bridgehead atoms. The van der Waals surface area contributed by atoms with Crippen LogP contribution in [0.25, 0.3) is 11.3 Å². The van der Waals surface area contributed by atoms with E-state index in [-0.39, 0.29) is 16.8 Å². The number of pyridine rings is 1. The molecule has 2 aromatic heterocycles. The second-order valence-electron chi connectivity index (χ2n) is 10.2. The van der Waals surface area contributed by atoms with Gasteiger partial charge in [0.2, 0.25) is 5.88 Å². The van der Waals surface area contributed by atoms with Crippen LogP contribution in [-0.4, -0.2) is 41.5 Å². The highest BCUT2D eigenvalue weighted by Crippen LogP contribution is 2.38. The fraction of sp³-hybridized carbons (Fsp3) is 0.423. The highest BCUT2D eigenvalue weighted by molar-refractivity contribution is 6.74. The topological polar surface area (TPSA) is 92.3 Å². The lowest BCUT2D eigenvalue weighted by Crippen LogP contribution is -2.45. The van der Waals surface area contributed by atoms with E-state index in [0.717, 1.165) is 24.1 Å². The Balaban J connectivity index is 1.62. The molecule has 3 aromatic rings. The highest BCUT2D eigenvalue weighted by atomic mass is 35.5. The molecule has 0 fully saturated rings. The van der Waals surface area contributed by atoms with Crippen LogP contribution in [0.15, 0.2) is 55.0 Å². The van der Waals surface area contributed by atoms with E-state index in [0.29, 0.717) is 24.1 Å². The Kier molecular flexibility index (Phi) is 8.74. The number of benzene rings is 1. The smallest absolute Gasteiger partial charge is 0.268 e. The van der Waals surface area contributed by atoms with Gasteiger partial charge in [-0.05, 0) is 49.2 Å². The monoisotopic (exact) mass is 514 g/mol. The number of hydrogen-bond acceptors (Lipinski definition) is 5. The van der Waals surface area contributed by atoms with Gasteiger partial charge in [0.25, 0.3) is 5.91 Å². The Morgan fingerprint density at radius 3 is 2.51 bits per heavy atom. The van der Waals surface area contributed by atoms with Gasteiger partial charge < -0.3 is 19.5 Å². The molecule has 1 unspecified atom stereocenters. The minimum absolute atomic E-state index is 0.0391. The van der Waals surface area contributed by atoms with Gasteiger partial charge in [0.1, 0.15) is 5.69 Å². The summed E-state index contributed by atoms with van der Waals surface area (Å²) >= 11 is 5.99. The summed E-state index contributed by atoms with van der Waals surface area (Å²) in [5.74, 6) is 0.0485. The Bertz CT molecular complexity index is 1130. The summed E-state index contributed by atoms with van der Waals surface area (Å²) in [6.45, 7) is 12.3. The predicted octanol–water partition coefficient (Wildman–Crippen LogP) is 5.95. The van der Waals surface area contributed by atoms with Crippen molar-refractivity contribution in [3.8, 4) is 17.1 Å². The Morgan fingerprint density at radius 2 is 1.89 bits per heavy atom. The van der Waals surface area contributed by atoms with Gasteiger partial charge in [0, 0.05) is 29.4 Å². The molecule has 1 amide bonds. The maximum atomic E-state index is 11.4. The van der Waals surface area contributed by atoms with E-state index < -0.39 is 14.2 Å². The van der Waals surface area contributed by atoms with Crippen LogP contribution >= 0.6 is 11.6 Å². The standard InChI is InChI=1S/C26H35ClN4O3Si/c1-26(2,3)35(4,5)34-21(16-31-17-23(25(28)32)29-18-31)8-7-15-33-24-10-6-9-22(30-24)19-11-13-20(27)14-12-19/h6,9-14,17-18,21H,7-8,15-16H2,1-5H3,(H2,28,32). The minimum Gasteiger partial charge on any atom is -0.478 e. The SMILES string of the molecule is CC(C)(C)[Si](C)(C)OC(CCCOc1cccc(-c2ccc(Cl)cc2)n1)Cn1cnc(C(N)=O)c1. The summed E-state index contributed by atoms with van der Waals surface area (Å²) in [7, 11) is -2.00. The molecule has 0 saturated heterocycles. The molecule has 0 aliphatic heterocycles. The number of primary amides is 1. The van der Waals surface area contributed by atoms with Crippen LogP contribution in [-0.2, 0) is 11.0 Å². The molecule has 0 saturated carbocycles. The molecular weight excluding hydrogens is 480 g/mol. The summed E-state index contributed by atoms with van der Waals surface area (Å²) in [5.41, 5.74) is 7.43. The third-order valence-electron chi connectivity index (χ3n) is 6.35. The number of carbonyl (C=O) groups is 1. The van der Waals surface area contributed by atoms with E-state index >= 15 is 0 Å². The number of aromatic nitrogens is 3. The largest absolute Gasteiger partial charge is 0.478 e. The number of ether oxygens (including phenoxy) is 1. The molecule has 1 atom stereocenters. The molecule has 188 valence electrons. The summed E-state index contributed by atoms with van der Waals surface area (Å²) in [4.78, 5) is 20.1. The first-order valence-corrected chi connectivity index (χ1v) is 15.1. The van der Waals surface area contributed by atoms with Gasteiger partial charge in [-0.3, -0.25) is 4.79 Å². The van der Waals surface area contributed by atoms with Gasteiger partial charge in [-0.2, -0.15) is 0 Å². The number of hydrogen-bond donors (Lipinski definition) is 1. The van der Waals surface area contributed by atoms with Crippen LogP contribution in [0.1, 0.15) is 44.1 Å². The lowest BCUT2D eigenvalue weighted by Gasteiger charge is -2.39. The van der Waals surface area contributed by atoms with Gasteiger partial charge in [0.05, 0.1) is 24.7 Å². The Hall–Kier alpha value is -2.68. The van der Waals surface area contributed by atoms with Crippen LogP contribution in [0.5, 0.6) is 5.88 Å². The molecule has 2 heterocycles.